The normalized spacial score (nSPS) is 16.1. The molecule has 0 saturated carbocycles. The Morgan fingerprint density at radius 2 is 1.61 bits per heavy atom. The van der Waals surface area contributed by atoms with Gasteiger partial charge >= 0.3 is 0 Å². The summed E-state index contributed by atoms with van der Waals surface area (Å²) in [5, 5.41) is 2.95. The first-order valence-electron chi connectivity index (χ1n) is 11.1. The average molecular weight is 450 g/mol. The summed E-state index contributed by atoms with van der Waals surface area (Å²) >= 11 is 0. The zero-order valence-corrected chi connectivity index (χ0v) is 18.8. The lowest BCUT2D eigenvalue weighted by Gasteiger charge is -2.33. The number of imide groups is 1. The second kappa shape index (κ2) is 9.44. The van der Waals surface area contributed by atoms with Gasteiger partial charge in [0.25, 0.3) is 17.7 Å². The van der Waals surface area contributed by atoms with Crippen LogP contribution >= 0.6 is 0 Å². The summed E-state index contributed by atoms with van der Waals surface area (Å²) in [6, 6.07) is 12.2. The lowest BCUT2D eigenvalue weighted by Crippen LogP contribution is -2.50. The molecule has 0 spiro atoms. The molecule has 0 bridgehead atoms. The molecule has 0 aliphatic carbocycles. The lowest BCUT2D eigenvalue weighted by atomic mass is 10.0. The van der Waals surface area contributed by atoms with E-state index in [9.17, 15) is 19.2 Å². The van der Waals surface area contributed by atoms with Crippen molar-refractivity contribution >= 4 is 23.6 Å². The minimum Gasteiger partial charge on any atom is -0.484 e. The molecule has 33 heavy (non-hydrogen) atoms. The molecule has 2 aromatic rings. The van der Waals surface area contributed by atoms with Crippen molar-refractivity contribution in [1.29, 1.82) is 0 Å². The molecular weight excluding hydrogens is 422 g/mol. The fourth-order valence-corrected chi connectivity index (χ4v) is 4.11. The Hall–Kier alpha value is -3.68. The van der Waals surface area contributed by atoms with Crippen LogP contribution in [0.5, 0.6) is 5.75 Å². The second-order valence-electron chi connectivity index (χ2n) is 8.50. The smallest absolute Gasteiger partial charge is 0.262 e. The molecule has 2 aromatic carbocycles. The van der Waals surface area contributed by atoms with Crippen LogP contribution in [0, 0.1) is 13.8 Å². The Morgan fingerprint density at radius 1 is 0.970 bits per heavy atom. The third-order valence-electron chi connectivity index (χ3n) is 6.23. The van der Waals surface area contributed by atoms with Crippen LogP contribution in [0.3, 0.4) is 0 Å². The fourth-order valence-electron chi connectivity index (χ4n) is 4.11. The van der Waals surface area contributed by atoms with Crippen molar-refractivity contribution in [3.8, 4) is 5.75 Å². The summed E-state index contributed by atoms with van der Waals surface area (Å²) in [7, 11) is 0. The topological polar surface area (TPSA) is 96.0 Å². The maximum atomic E-state index is 12.7. The molecule has 2 aliphatic rings. The standard InChI is InChI=1S/C25H27N3O5/c1-16-7-8-19(13-17(16)2)33-15-22(29)26-18-9-11-27(12-10-18)23(30)14-28-24(31)20-5-3-4-6-21(20)25(28)32/h3-8,13,18H,9-12,14-15H2,1-2H3,(H,26,29). The third kappa shape index (κ3) is 4.89. The predicted molar refractivity (Wildman–Crippen MR) is 121 cm³/mol. The van der Waals surface area contributed by atoms with Crippen molar-refractivity contribution in [2.75, 3.05) is 26.2 Å². The first-order valence-corrected chi connectivity index (χ1v) is 11.1. The molecule has 1 fully saturated rings. The minimum absolute atomic E-state index is 0.0517. The van der Waals surface area contributed by atoms with Crippen LogP contribution in [-0.4, -0.2) is 65.7 Å². The van der Waals surface area contributed by atoms with Gasteiger partial charge in [-0.05, 0) is 62.1 Å². The summed E-state index contributed by atoms with van der Waals surface area (Å²) < 4.78 is 5.58. The number of aryl methyl sites for hydroxylation is 2. The molecule has 2 aliphatic heterocycles. The number of ether oxygens (including phenoxy) is 1. The van der Waals surface area contributed by atoms with Crippen LogP contribution in [-0.2, 0) is 9.59 Å². The number of likely N-dealkylation sites (tertiary alicyclic amines) is 1. The number of rotatable bonds is 6. The second-order valence-corrected chi connectivity index (χ2v) is 8.50. The number of carbonyl (C=O) groups excluding carboxylic acids is 4. The van der Waals surface area contributed by atoms with Crippen LogP contribution in [0.15, 0.2) is 42.5 Å². The molecule has 4 amide bonds. The van der Waals surface area contributed by atoms with E-state index in [1.54, 1.807) is 29.2 Å². The quantitative estimate of drug-likeness (QED) is 0.682. The van der Waals surface area contributed by atoms with E-state index in [2.05, 4.69) is 5.32 Å². The monoisotopic (exact) mass is 449 g/mol. The SMILES string of the molecule is Cc1ccc(OCC(=O)NC2CCN(C(=O)CN3C(=O)c4ccccc4C3=O)CC2)cc1C. The summed E-state index contributed by atoms with van der Waals surface area (Å²) in [6.45, 7) is 4.57. The largest absolute Gasteiger partial charge is 0.484 e. The van der Waals surface area contributed by atoms with Crippen molar-refractivity contribution in [3.63, 3.8) is 0 Å². The Kier molecular flexibility index (Phi) is 6.44. The molecule has 1 N–H and O–H groups in total. The third-order valence-corrected chi connectivity index (χ3v) is 6.23. The molecule has 2 heterocycles. The fraction of sp³-hybridized carbons (Fsp3) is 0.360. The van der Waals surface area contributed by atoms with Gasteiger partial charge in [-0.15, -0.1) is 0 Å². The molecule has 0 aromatic heterocycles. The van der Waals surface area contributed by atoms with Gasteiger partial charge in [-0.3, -0.25) is 24.1 Å². The van der Waals surface area contributed by atoms with Crippen molar-refractivity contribution < 1.29 is 23.9 Å². The molecule has 8 heteroatoms. The maximum absolute atomic E-state index is 12.7. The number of hydrogen-bond donors (Lipinski definition) is 1. The Labute approximate surface area is 192 Å². The Balaban J connectivity index is 1.22. The number of nitrogens with one attached hydrogen (secondary N) is 1. The van der Waals surface area contributed by atoms with E-state index in [0.717, 1.165) is 16.0 Å². The highest BCUT2D eigenvalue weighted by Gasteiger charge is 2.37. The van der Waals surface area contributed by atoms with Gasteiger partial charge in [0, 0.05) is 19.1 Å². The highest BCUT2D eigenvalue weighted by molar-refractivity contribution is 6.22. The summed E-state index contributed by atoms with van der Waals surface area (Å²) in [5.41, 5.74) is 2.93. The van der Waals surface area contributed by atoms with E-state index in [4.69, 9.17) is 4.74 Å². The summed E-state index contributed by atoms with van der Waals surface area (Å²) in [5.74, 6) is -0.692. The number of carbonyl (C=O) groups is 4. The van der Waals surface area contributed by atoms with Gasteiger partial charge in [-0.2, -0.15) is 0 Å². The number of hydrogen-bond acceptors (Lipinski definition) is 5. The zero-order valence-electron chi connectivity index (χ0n) is 18.8. The van der Waals surface area contributed by atoms with E-state index in [0.29, 0.717) is 42.8 Å². The van der Waals surface area contributed by atoms with Gasteiger partial charge in [-0.25, -0.2) is 0 Å². The van der Waals surface area contributed by atoms with Crippen LogP contribution < -0.4 is 10.1 Å². The number of amides is 4. The van der Waals surface area contributed by atoms with Crippen molar-refractivity contribution in [1.82, 2.24) is 15.1 Å². The number of nitrogens with zero attached hydrogens (tertiary/aromatic N) is 2. The van der Waals surface area contributed by atoms with Crippen molar-refractivity contribution in [2.24, 2.45) is 0 Å². The average Bonchev–Trinajstić information content (AvgIpc) is 3.05. The van der Waals surface area contributed by atoms with Crippen LogP contribution in [0.1, 0.15) is 44.7 Å². The van der Waals surface area contributed by atoms with E-state index < -0.39 is 11.8 Å². The summed E-state index contributed by atoms with van der Waals surface area (Å²) in [4.78, 5) is 52.6. The van der Waals surface area contributed by atoms with Crippen LogP contribution in [0.4, 0.5) is 0 Å². The van der Waals surface area contributed by atoms with Crippen molar-refractivity contribution in [2.45, 2.75) is 32.7 Å². The van der Waals surface area contributed by atoms with Gasteiger partial charge in [0.1, 0.15) is 12.3 Å². The molecule has 0 atom stereocenters. The lowest BCUT2D eigenvalue weighted by molar-refractivity contribution is -0.132. The zero-order chi connectivity index (χ0) is 23.5. The van der Waals surface area contributed by atoms with E-state index >= 15 is 0 Å². The molecule has 172 valence electrons. The molecule has 4 rings (SSSR count). The van der Waals surface area contributed by atoms with Gasteiger partial charge in [0.2, 0.25) is 5.91 Å². The van der Waals surface area contributed by atoms with E-state index in [-0.39, 0.29) is 31.0 Å². The first kappa shape index (κ1) is 22.5. The number of benzene rings is 2. The predicted octanol–water partition coefficient (Wildman–Crippen LogP) is 2.09. The van der Waals surface area contributed by atoms with Crippen LogP contribution in [0.25, 0.3) is 0 Å². The molecule has 0 unspecified atom stereocenters. The highest BCUT2D eigenvalue weighted by atomic mass is 16.5. The summed E-state index contributed by atoms with van der Waals surface area (Å²) in [6.07, 6.45) is 1.20. The molecule has 1 saturated heterocycles. The van der Waals surface area contributed by atoms with Gasteiger partial charge in [-0.1, -0.05) is 18.2 Å². The van der Waals surface area contributed by atoms with Crippen molar-refractivity contribution in [3.05, 3.63) is 64.7 Å². The van der Waals surface area contributed by atoms with E-state index in [1.165, 1.54) is 0 Å². The Morgan fingerprint density at radius 3 is 2.21 bits per heavy atom. The van der Waals surface area contributed by atoms with Crippen LogP contribution in [0.2, 0.25) is 0 Å². The minimum atomic E-state index is -0.435. The van der Waals surface area contributed by atoms with E-state index in [1.807, 2.05) is 32.0 Å². The van der Waals surface area contributed by atoms with Gasteiger partial charge < -0.3 is 15.0 Å². The molecule has 0 radical (unpaired) electrons. The Bertz CT molecular complexity index is 1070. The molecular formula is C25H27N3O5. The first-order chi connectivity index (χ1) is 15.8. The van der Waals surface area contributed by atoms with Gasteiger partial charge in [0.05, 0.1) is 11.1 Å². The van der Waals surface area contributed by atoms with Gasteiger partial charge in [0.15, 0.2) is 6.61 Å². The molecule has 8 nitrogen and oxygen atoms in total. The highest BCUT2D eigenvalue weighted by Crippen LogP contribution is 2.23. The number of piperidine rings is 1. The maximum Gasteiger partial charge on any atom is 0.262 e. The number of fused-ring (bicyclic) bond motifs is 1.